The molecular weight excluding hydrogens is 275 g/mol. The molecule has 0 unspecified atom stereocenters. The van der Waals surface area contributed by atoms with Gasteiger partial charge in [-0.25, -0.2) is 4.79 Å². The van der Waals surface area contributed by atoms with Crippen LogP contribution in [-0.4, -0.2) is 24.4 Å². The Kier molecular flexibility index (Phi) is 3.69. The van der Waals surface area contributed by atoms with Crippen molar-refractivity contribution < 1.29 is 27.4 Å². The highest BCUT2D eigenvalue weighted by Gasteiger charge is 2.31. The van der Waals surface area contributed by atoms with Crippen LogP contribution >= 0.6 is 0 Å². The van der Waals surface area contributed by atoms with Crippen molar-refractivity contribution in [3.63, 3.8) is 0 Å². The minimum Gasteiger partial charge on any atom is -0.464 e. The van der Waals surface area contributed by atoms with Gasteiger partial charge in [0.15, 0.2) is 0 Å². The first kappa shape index (κ1) is 14.0. The molecule has 2 aromatic rings. The number of esters is 1. The van der Waals surface area contributed by atoms with Crippen molar-refractivity contribution in [1.82, 2.24) is 4.98 Å². The average molecular weight is 285 g/mol. The van der Waals surface area contributed by atoms with Crippen LogP contribution in [0.5, 0.6) is 5.75 Å². The molecule has 0 aliphatic rings. The number of benzene rings is 1. The van der Waals surface area contributed by atoms with E-state index in [1.807, 2.05) is 0 Å². The molecule has 0 radical (unpaired) electrons. The summed E-state index contributed by atoms with van der Waals surface area (Å²) in [6.07, 6.45) is -3.24. The van der Waals surface area contributed by atoms with Crippen LogP contribution in [0.2, 0.25) is 0 Å². The molecule has 0 saturated carbocycles. The number of hydrogen-bond acceptors (Lipinski definition) is 3. The summed E-state index contributed by atoms with van der Waals surface area (Å²) in [7, 11) is 1.24. The molecule has 1 heterocycles. The van der Waals surface area contributed by atoms with Gasteiger partial charge in [0.2, 0.25) is 0 Å². The first-order chi connectivity index (χ1) is 9.39. The maximum absolute atomic E-state index is 12.1. The molecule has 0 spiro atoms. The third kappa shape index (κ3) is 3.31. The fraction of sp³-hybridized carbons (Fsp3) is 0.154. The number of methoxy groups -OCH3 is 1. The number of alkyl halides is 3. The van der Waals surface area contributed by atoms with Gasteiger partial charge in [-0.05, 0) is 23.8 Å². The standard InChI is InChI=1S/C13H10F3NO3/c1-19-12(18)11-6-9(7-17-11)8-3-2-4-10(5-8)20-13(14,15)16/h2-7,17H,1H3. The molecule has 0 aliphatic heterocycles. The van der Waals surface area contributed by atoms with Gasteiger partial charge in [0, 0.05) is 11.8 Å². The Balaban J connectivity index is 2.27. The van der Waals surface area contributed by atoms with Crippen molar-refractivity contribution in [1.29, 1.82) is 0 Å². The van der Waals surface area contributed by atoms with Crippen LogP contribution in [0.25, 0.3) is 11.1 Å². The monoisotopic (exact) mass is 285 g/mol. The molecule has 1 aromatic carbocycles. The van der Waals surface area contributed by atoms with E-state index in [9.17, 15) is 18.0 Å². The predicted octanol–water partition coefficient (Wildman–Crippen LogP) is 3.37. The third-order valence-electron chi connectivity index (χ3n) is 2.49. The van der Waals surface area contributed by atoms with E-state index in [2.05, 4.69) is 14.5 Å². The number of carbonyl (C=O) groups excluding carboxylic acids is 1. The number of aromatic nitrogens is 1. The van der Waals surface area contributed by atoms with Gasteiger partial charge in [0.05, 0.1) is 7.11 Å². The smallest absolute Gasteiger partial charge is 0.464 e. The van der Waals surface area contributed by atoms with Crippen LogP contribution in [0.4, 0.5) is 13.2 Å². The molecule has 7 heteroatoms. The van der Waals surface area contributed by atoms with Crippen molar-refractivity contribution in [2.75, 3.05) is 7.11 Å². The van der Waals surface area contributed by atoms with Crippen molar-refractivity contribution in [3.05, 3.63) is 42.2 Å². The molecule has 0 amide bonds. The van der Waals surface area contributed by atoms with Crippen LogP contribution in [0.15, 0.2) is 36.5 Å². The number of nitrogens with one attached hydrogen (secondary N) is 1. The molecule has 106 valence electrons. The number of halogens is 3. The zero-order valence-corrected chi connectivity index (χ0v) is 10.3. The van der Waals surface area contributed by atoms with Gasteiger partial charge in [-0.2, -0.15) is 0 Å². The molecular formula is C13H10F3NO3. The summed E-state index contributed by atoms with van der Waals surface area (Å²) in [5, 5.41) is 0. The lowest BCUT2D eigenvalue weighted by Gasteiger charge is -2.09. The van der Waals surface area contributed by atoms with Crippen LogP contribution < -0.4 is 4.74 Å². The second-order valence-corrected chi connectivity index (χ2v) is 3.87. The van der Waals surface area contributed by atoms with E-state index in [1.165, 1.54) is 37.6 Å². The van der Waals surface area contributed by atoms with E-state index >= 15 is 0 Å². The van der Waals surface area contributed by atoms with Crippen LogP contribution in [0.1, 0.15) is 10.5 Å². The van der Waals surface area contributed by atoms with Gasteiger partial charge in [0.25, 0.3) is 0 Å². The molecule has 0 fully saturated rings. The number of ether oxygens (including phenoxy) is 2. The van der Waals surface area contributed by atoms with Gasteiger partial charge < -0.3 is 14.5 Å². The largest absolute Gasteiger partial charge is 0.573 e. The Labute approximate surface area is 112 Å². The lowest BCUT2D eigenvalue weighted by Crippen LogP contribution is -2.17. The number of aromatic amines is 1. The molecule has 1 N–H and O–H groups in total. The molecule has 2 rings (SSSR count). The second kappa shape index (κ2) is 5.28. The van der Waals surface area contributed by atoms with Gasteiger partial charge in [0.1, 0.15) is 11.4 Å². The van der Waals surface area contributed by atoms with E-state index in [0.717, 1.165) is 0 Å². The van der Waals surface area contributed by atoms with Crippen molar-refractivity contribution in [2.24, 2.45) is 0 Å². The normalized spacial score (nSPS) is 11.2. The lowest BCUT2D eigenvalue weighted by atomic mass is 10.1. The van der Waals surface area contributed by atoms with E-state index < -0.39 is 12.3 Å². The van der Waals surface area contributed by atoms with Gasteiger partial charge in [-0.15, -0.1) is 13.2 Å². The van der Waals surface area contributed by atoms with Gasteiger partial charge in [-0.1, -0.05) is 12.1 Å². The zero-order chi connectivity index (χ0) is 14.8. The van der Waals surface area contributed by atoms with Crippen LogP contribution in [0, 0.1) is 0 Å². The summed E-state index contributed by atoms with van der Waals surface area (Å²) < 4.78 is 44.8. The molecule has 4 nitrogen and oxygen atoms in total. The zero-order valence-electron chi connectivity index (χ0n) is 10.3. The Morgan fingerprint density at radius 1 is 1.20 bits per heavy atom. The summed E-state index contributed by atoms with van der Waals surface area (Å²) >= 11 is 0. The summed E-state index contributed by atoms with van der Waals surface area (Å²) in [6, 6.07) is 6.95. The maximum atomic E-state index is 12.1. The van der Waals surface area contributed by atoms with E-state index in [0.29, 0.717) is 11.1 Å². The molecule has 20 heavy (non-hydrogen) atoms. The van der Waals surface area contributed by atoms with Gasteiger partial charge >= 0.3 is 12.3 Å². The number of rotatable bonds is 3. The Bertz CT molecular complexity index is 619. The summed E-state index contributed by atoms with van der Waals surface area (Å²) in [5.74, 6) is -0.880. The molecule has 0 atom stereocenters. The minimum absolute atomic E-state index is 0.213. The highest BCUT2D eigenvalue weighted by Crippen LogP contribution is 2.28. The summed E-state index contributed by atoms with van der Waals surface area (Å²) in [5.41, 5.74) is 1.25. The van der Waals surface area contributed by atoms with Crippen molar-refractivity contribution in [3.8, 4) is 16.9 Å². The quantitative estimate of drug-likeness (QED) is 0.880. The number of H-pyrrole nitrogens is 1. The third-order valence-corrected chi connectivity index (χ3v) is 2.49. The Hall–Kier alpha value is -2.44. The number of carbonyl (C=O) groups is 1. The minimum atomic E-state index is -4.74. The topological polar surface area (TPSA) is 51.3 Å². The first-order valence-corrected chi connectivity index (χ1v) is 5.52. The summed E-state index contributed by atoms with van der Waals surface area (Å²) in [6.45, 7) is 0. The molecule has 0 aliphatic carbocycles. The van der Waals surface area contributed by atoms with E-state index in [4.69, 9.17) is 0 Å². The van der Waals surface area contributed by atoms with Crippen LogP contribution in [-0.2, 0) is 4.74 Å². The van der Waals surface area contributed by atoms with E-state index in [1.54, 1.807) is 6.07 Å². The van der Waals surface area contributed by atoms with E-state index in [-0.39, 0.29) is 11.4 Å². The highest BCUT2D eigenvalue weighted by molar-refractivity contribution is 5.89. The molecule has 0 saturated heterocycles. The predicted molar refractivity (Wildman–Crippen MR) is 64.3 cm³/mol. The van der Waals surface area contributed by atoms with Crippen molar-refractivity contribution >= 4 is 5.97 Å². The van der Waals surface area contributed by atoms with Crippen LogP contribution in [0.3, 0.4) is 0 Å². The molecule has 1 aromatic heterocycles. The fourth-order valence-electron chi connectivity index (χ4n) is 1.66. The average Bonchev–Trinajstić information content (AvgIpc) is 2.85. The van der Waals surface area contributed by atoms with Crippen molar-refractivity contribution in [2.45, 2.75) is 6.36 Å². The fourth-order valence-corrected chi connectivity index (χ4v) is 1.66. The lowest BCUT2D eigenvalue weighted by molar-refractivity contribution is -0.274. The van der Waals surface area contributed by atoms with Gasteiger partial charge in [-0.3, -0.25) is 0 Å². The first-order valence-electron chi connectivity index (χ1n) is 5.52. The number of hydrogen-bond donors (Lipinski definition) is 1. The maximum Gasteiger partial charge on any atom is 0.573 e. The summed E-state index contributed by atoms with van der Waals surface area (Å²) in [4.78, 5) is 14.0. The highest BCUT2D eigenvalue weighted by atomic mass is 19.4. The second-order valence-electron chi connectivity index (χ2n) is 3.87. The Morgan fingerprint density at radius 2 is 1.95 bits per heavy atom. The Morgan fingerprint density at radius 3 is 2.60 bits per heavy atom. The SMILES string of the molecule is COC(=O)c1cc(-c2cccc(OC(F)(F)F)c2)c[nH]1. The molecule has 0 bridgehead atoms.